The second kappa shape index (κ2) is 5.74. The second-order valence-corrected chi connectivity index (χ2v) is 7.87. The molecule has 2 aliphatic carbocycles. The van der Waals surface area contributed by atoms with Crippen molar-refractivity contribution in [2.75, 3.05) is 13.1 Å². The van der Waals surface area contributed by atoms with Gasteiger partial charge in [-0.05, 0) is 69.1 Å². The van der Waals surface area contributed by atoms with Crippen molar-refractivity contribution in [2.45, 2.75) is 63.5 Å². The lowest BCUT2D eigenvalue weighted by Crippen LogP contribution is -2.53. The van der Waals surface area contributed by atoms with Gasteiger partial charge in [0.15, 0.2) is 0 Å². The Labute approximate surface area is 132 Å². The lowest BCUT2D eigenvalue weighted by atomic mass is 9.68. The van der Waals surface area contributed by atoms with E-state index in [1.54, 1.807) is 0 Å². The van der Waals surface area contributed by atoms with Crippen LogP contribution in [0.5, 0.6) is 0 Å². The van der Waals surface area contributed by atoms with Crippen LogP contribution in [0.2, 0.25) is 0 Å². The number of nitrogens with one attached hydrogen (secondary N) is 2. The number of hydrogen-bond acceptors (Lipinski definition) is 2. The minimum atomic E-state index is -0.340. The Morgan fingerprint density at radius 2 is 1.77 bits per heavy atom. The molecule has 5 fully saturated rings. The van der Waals surface area contributed by atoms with E-state index in [4.69, 9.17) is 0 Å². The first-order valence-electron chi connectivity index (χ1n) is 9.04. The molecule has 0 spiro atoms. The Hall–Kier alpha value is -1.26. The average molecular weight is 305 g/mol. The summed E-state index contributed by atoms with van der Waals surface area (Å²) >= 11 is 0. The largest absolute Gasteiger partial charge is 0.354 e. The lowest BCUT2D eigenvalue weighted by molar-refractivity contribution is -0.122. The highest BCUT2D eigenvalue weighted by atomic mass is 16.2. The molecule has 3 amide bonds. The van der Waals surface area contributed by atoms with Gasteiger partial charge in [0.2, 0.25) is 5.91 Å². The summed E-state index contributed by atoms with van der Waals surface area (Å²) in [6.45, 7) is 1.64. The van der Waals surface area contributed by atoms with Crippen LogP contribution in [0.1, 0.15) is 51.4 Å². The summed E-state index contributed by atoms with van der Waals surface area (Å²) < 4.78 is 0. The maximum Gasteiger partial charge on any atom is 0.318 e. The molecule has 3 unspecified atom stereocenters. The summed E-state index contributed by atoms with van der Waals surface area (Å²) in [6, 6.07) is 0.0676. The van der Waals surface area contributed by atoms with E-state index in [1.165, 1.54) is 32.1 Å². The predicted octanol–water partition coefficient (Wildman–Crippen LogP) is 1.88. The minimum Gasteiger partial charge on any atom is -0.354 e. The third-order valence-corrected chi connectivity index (χ3v) is 6.20. The van der Waals surface area contributed by atoms with E-state index in [2.05, 4.69) is 15.5 Å². The normalized spacial score (nSPS) is 40.8. The summed E-state index contributed by atoms with van der Waals surface area (Å²) in [5, 5.41) is 5.93. The van der Waals surface area contributed by atoms with Crippen LogP contribution in [0.4, 0.5) is 4.79 Å². The van der Waals surface area contributed by atoms with Gasteiger partial charge in [-0.15, -0.1) is 0 Å². The van der Waals surface area contributed by atoms with Crippen molar-refractivity contribution >= 4 is 11.9 Å². The van der Waals surface area contributed by atoms with Gasteiger partial charge in [-0.3, -0.25) is 4.79 Å². The number of carbonyl (C=O) groups is 2. The summed E-state index contributed by atoms with van der Waals surface area (Å²) in [5.41, 5.74) is 0. The van der Waals surface area contributed by atoms with Crippen molar-refractivity contribution in [2.24, 2.45) is 17.8 Å². The van der Waals surface area contributed by atoms with E-state index in [-0.39, 0.29) is 18.0 Å². The summed E-state index contributed by atoms with van der Waals surface area (Å²) in [5.74, 6) is 2.35. The van der Waals surface area contributed by atoms with Crippen LogP contribution in [0.3, 0.4) is 0 Å². The number of hydrogen-bond donors (Lipinski definition) is 2. The SMILES string of the molecule is O=C1NCCCCC1NC(=O)N1CC2CC3CC(C2)CC1C3. The van der Waals surface area contributed by atoms with Crippen molar-refractivity contribution < 1.29 is 9.59 Å². The average Bonchev–Trinajstić information content (AvgIpc) is 2.80. The number of nitrogens with zero attached hydrogens (tertiary/aromatic N) is 1. The van der Waals surface area contributed by atoms with Crippen molar-refractivity contribution in [1.82, 2.24) is 15.5 Å². The van der Waals surface area contributed by atoms with Crippen LogP contribution in [-0.2, 0) is 4.79 Å². The molecule has 2 N–H and O–H groups in total. The van der Waals surface area contributed by atoms with Gasteiger partial charge < -0.3 is 15.5 Å². The van der Waals surface area contributed by atoms with E-state index >= 15 is 0 Å². The number of amides is 3. The molecule has 122 valence electrons. The van der Waals surface area contributed by atoms with Gasteiger partial charge in [0.05, 0.1) is 0 Å². The Morgan fingerprint density at radius 1 is 1.05 bits per heavy atom. The first kappa shape index (κ1) is 14.3. The fourth-order valence-electron chi connectivity index (χ4n) is 5.34. The summed E-state index contributed by atoms with van der Waals surface area (Å²) in [7, 11) is 0. The fourth-order valence-corrected chi connectivity index (χ4v) is 5.34. The second-order valence-electron chi connectivity index (χ2n) is 7.87. The van der Waals surface area contributed by atoms with Gasteiger partial charge in [0.25, 0.3) is 0 Å². The van der Waals surface area contributed by atoms with Gasteiger partial charge >= 0.3 is 6.03 Å². The molecule has 3 aliphatic heterocycles. The van der Waals surface area contributed by atoms with Crippen molar-refractivity contribution in [3.63, 3.8) is 0 Å². The van der Waals surface area contributed by atoms with Crippen molar-refractivity contribution in [3.05, 3.63) is 0 Å². The van der Waals surface area contributed by atoms with E-state index < -0.39 is 0 Å². The molecule has 0 aromatic rings. The van der Waals surface area contributed by atoms with Crippen molar-refractivity contribution in [1.29, 1.82) is 0 Å². The third kappa shape index (κ3) is 2.70. The summed E-state index contributed by atoms with van der Waals surface area (Å²) in [4.78, 5) is 26.9. The number of fused-ring (bicyclic) bond motifs is 1. The molecule has 3 saturated heterocycles. The molecule has 0 radical (unpaired) electrons. The molecule has 2 saturated carbocycles. The molecule has 0 aromatic carbocycles. The molecule has 5 heteroatoms. The zero-order valence-electron chi connectivity index (χ0n) is 13.2. The van der Waals surface area contributed by atoms with Gasteiger partial charge in [-0.1, -0.05) is 0 Å². The number of carbonyl (C=O) groups excluding carboxylic acids is 2. The maximum atomic E-state index is 12.8. The zero-order valence-corrected chi connectivity index (χ0v) is 13.2. The van der Waals surface area contributed by atoms with Crippen LogP contribution in [0, 0.1) is 17.8 Å². The van der Waals surface area contributed by atoms with Gasteiger partial charge in [-0.2, -0.15) is 0 Å². The molecule has 5 aliphatic rings. The Bertz CT molecular complexity index is 453. The van der Waals surface area contributed by atoms with Crippen LogP contribution < -0.4 is 10.6 Å². The number of rotatable bonds is 1. The zero-order chi connectivity index (χ0) is 15.1. The van der Waals surface area contributed by atoms with E-state index in [0.717, 1.165) is 44.2 Å². The molecule has 5 rings (SSSR count). The molecular weight excluding hydrogens is 278 g/mol. The Balaban J connectivity index is 1.44. The molecule has 4 bridgehead atoms. The quantitative estimate of drug-likeness (QED) is 0.777. The van der Waals surface area contributed by atoms with Crippen molar-refractivity contribution in [3.8, 4) is 0 Å². The van der Waals surface area contributed by atoms with Crippen LogP contribution in [0.25, 0.3) is 0 Å². The first-order valence-corrected chi connectivity index (χ1v) is 9.04. The highest BCUT2D eigenvalue weighted by Crippen LogP contribution is 2.47. The molecule has 0 aromatic heterocycles. The van der Waals surface area contributed by atoms with E-state index in [9.17, 15) is 9.59 Å². The van der Waals surface area contributed by atoms with E-state index in [1.807, 2.05) is 0 Å². The van der Waals surface area contributed by atoms with Gasteiger partial charge in [0.1, 0.15) is 6.04 Å². The number of urea groups is 1. The predicted molar refractivity (Wildman–Crippen MR) is 83.2 cm³/mol. The standard InChI is InChI=1S/C17H27N3O2/c21-16-15(3-1-2-4-18-16)19-17(22)20-10-13-6-11-5-12(7-13)9-14(20)8-11/h11-15H,1-10H2,(H,18,21)(H,19,22). The topological polar surface area (TPSA) is 61.4 Å². The Morgan fingerprint density at radius 3 is 2.55 bits per heavy atom. The fraction of sp³-hybridized carbons (Fsp3) is 0.882. The van der Waals surface area contributed by atoms with Crippen LogP contribution in [-0.4, -0.2) is 42.0 Å². The van der Waals surface area contributed by atoms with Crippen LogP contribution >= 0.6 is 0 Å². The lowest BCUT2D eigenvalue weighted by Gasteiger charge is -2.39. The highest BCUT2D eigenvalue weighted by molar-refractivity contribution is 5.87. The molecule has 3 heterocycles. The Kier molecular flexibility index (Phi) is 3.74. The first-order chi connectivity index (χ1) is 10.7. The molecule has 3 atom stereocenters. The van der Waals surface area contributed by atoms with E-state index in [0.29, 0.717) is 12.0 Å². The smallest absolute Gasteiger partial charge is 0.318 e. The molecular formula is C17H27N3O2. The van der Waals surface area contributed by atoms with Gasteiger partial charge in [0, 0.05) is 19.1 Å². The monoisotopic (exact) mass is 305 g/mol. The minimum absolute atomic E-state index is 0.000231. The van der Waals surface area contributed by atoms with Crippen LogP contribution in [0.15, 0.2) is 0 Å². The maximum absolute atomic E-state index is 12.8. The summed E-state index contributed by atoms with van der Waals surface area (Å²) in [6.07, 6.45) is 9.13. The highest BCUT2D eigenvalue weighted by Gasteiger charge is 2.44. The van der Waals surface area contributed by atoms with Gasteiger partial charge in [-0.25, -0.2) is 4.79 Å². The third-order valence-electron chi connectivity index (χ3n) is 6.20. The molecule has 5 nitrogen and oxygen atoms in total. The molecule has 22 heavy (non-hydrogen) atoms.